The van der Waals surface area contributed by atoms with E-state index in [0.29, 0.717) is 34.3 Å². The molecule has 0 spiro atoms. The number of nitrogens with zero attached hydrogens (tertiary/aromatic N) is 7. The Morgan fingerprint density at radius 3 is 2.65 bits per heavy atom. The SMILES string of the molecule is C=CC(=O)Nc1cc(Nc2nccc(-c3cc(C#N)c4c(C)nn(C)c4c3)n2)c(OC)cc1N(C)CCN(C)C. The van der Waals surface area contributed by atoms with E-state index >= 15 is 0 Å². The van der Waals surface area contributed by atoms with Gasteiger partial charge in [0.1, 0.15) is 5.75 Å². The standard InChI is InChI=1S/C29H33N9O2/c1-8-27(39)32-22-15-23(26(40-7)16-24(22)37(5)12-11-36(3)4)34-29-31-10-9-21(33-29)19-13-20(17-30)28-18(2)35-38(6)25(28)14-19/h8-10,13-16H,1,11-12H2,2-7H3,(H,32,39)(H,31,33,34). The average Bonchev–Trinajstić information content (AvgIpc) is 3.24. The normalized spacial score (nSPS) is 10.8. The molecular formula is C29H33N9O2. The molecule has 0 unspecified atom stereocenters. The van der Waals surface area contributed by atoms with Gasteiger partial charge in [-0.1, -0.05) is 6.58 Å². The lowest BCUT2D eigenvalue weighted by Gasteiger charge is -2.26. The van der Waals surface area contributed by atoms with Crippen molar-refractivity contribution in [2.45, 2.75) is 6.92 Å². The van der Waals surface area contributed by atoms with Crippen molar-refractivity contribution in [1.29, 1.82) is 5.26 Å². The number of fused-ring (bicyclic) bond motifs is 1. The summed E-state index contributed by atoms with van der Waals surface area (Å²) in [5.41, 5.74) is 5.52. The van der Waals surface area contributed by atoms with Gasteiger partial charge in [0.2, 0.25) is 11.9 Å². The molecule has 206 valence electrons. The number of hydrogen-bond acceptors (Lipinski definition) is 9. The van der Waals surface area contributed by atoms with Crippen LogP contribution < -0.4 is 20.3 Å². The number of likely N-dealkylation sites (N-methyl/N-ethyl adjacent to an activating group) is 2. The molecule has 1 amide bonds. The number of benzene rings is 2. The lowest BCUT2D eigenvalue weighted by Crippen LogP contribution is -2.29. The van der Waals surface area contributed by atoms with Gasteiger partial charge in [-0.15, -0.1) is 0 Å². The summed E-state index contributed by atoms with van der Waals surface area (Å²) < 4.78 is 7.46. The highest BCUT2D eigenvalue weighted by Gasteiger charge is 2.18. The van der Waals surface area contributed by atoms with E-state index in [1.165, 1.54) is 6.08 Å². The second kappa shape index (κ2) is 11.8. The van der Waals surface area contributed by atoms with Gasteiger partial charge in [-0.25, -0.2) is 9.97 Å². The van der Waals surface area contributed by atoms with Gasteiger partial charge in [-0.3, -0.25) is 9.48 Å². The highest BCUT2D eigenvalue weighted by atomic mass is 16.5. The predicted octanol–water partition coefficient (Wildman–Crippen LogP) is 4.08. The molecule has 0 aliphatic rings. The molecule has 0 bridgehead atoms. The van der Waals surface area contributed by atoms with E-state index in [2.05, 4.69) is 38.3 Å². The molecule has 0 radical (unpaired) electrons. The minimum atomic E-state index is -0.328. The predicted molar refractivity (Wildman–Crippen MR) is 158 cm³/mol. The number of nitriles is 1. The number of hydrogen-bond donors (Lipinski definition) is 2. The van der Waals surface area contributed by atoms with Crippen molar-refractivity contribution in [2.24, 2.45) is 7.05 Å². The number of nitrogens with one attached hydrogen (secondary N) is 2. The van der Waals surface area contributed by atoms with Gasteiger partial charge in [-0.05, 0) is 51.4 Å². The summed E-state index contributed by atoms with van der Waals surface area (Å²) in [6.07, 6.45) is 2.87. The molecule has 0 saturated heterocycles. The lowest BCUT2D eigenvalue weighted by molar-refractivity contribution is -0.111. The Morgan fingerprint density at radius 2 is 1.98 bits per heavy atom. The second-order valence-electron chi connectivity index (χ2n) is 9.62. The molecule has 0 aliphatic heterocycles. The zero-order valence-electron chi connectivity index (χ0n) is 23.6. The number of carbonyl (C=O) groups excluding carboxylic acids is 1. The van der Waals surface area contributed by atoms with Crippen molar-refractivity contribution in [3.63, 3.8) is 0 Å². The first kappa shape index (κ1) is 28.1. The summed E-state index contributed by atoms with van der Waals surface area (Å²) in [5.74, 6) is 0.548. The van der Waals surface area contributed by atoms with Crippen LogP contribution in [0.5, 0.6) is 5.75 Å². The third kappa shape index (κ3) is 5.87. The number of amides is 1. The number of ether oxygens (including phenoxy) is 1. The van der Waals surface area contributed by atoms with Crippen LogP contribution in [0, 0.1) is 18.3 Å². The van der Waals surface area contributed by atoms with Crippen LogP contribution in [-0.2, 0) is 11.8 Å². The van der Waals surface area contributed by atoms with Gasteiger partial charge in [0.15, 0.2) is 0 Å². The number of anilines is 4. The lowest BCUT2D eigenvalue weighted by atomic mass is 10.0. The third-order valence-corrected chi connectivity index (χ3v) is 6.50. The molecule has 40 heavy (non-hydrogen) atoms. The fraction of sp³-hybridized carbons (Fsp3) is 0.276. The van der Waals surface area contributed by atoms with Crippen LogP contribution in [0.15, 0.2) is 49.2 Å². The van der Waals surface area contributed by atoms with Gasteiger partial charge < -0.3 is 25.2 Å². The molecule has 11 heteroatoms. The Bertz CT molecular complexity index is 1620. The van der Waals surface area contributed by atoms with E-state index in [9.17, 15) is 10.1 Å². The number of rotatable bonds is 10. The van der Waals surface area contributed by atoms with E-state index in [1.54, 1.807) is 30.1 Å². The van der Waals surface area contributed by atoms with E-state index in [4.69, 9.17) is 9.72 Å². The zero-order chi connectivity index (χ0) is 29.0. The van der Waals surface area contributed by atoms with Crippen molar-refractivity contribution in [1.82, 2.24) is 24.6 Å². The first-order chi connectivity index (χ1) is 19.1. The number of carbonyl (C=O) groups is 1. The van der Waals surface area contributed by atoms with Gasteiger partial charge in [0, 0.05) is 50.4 Å². The summed E-state index contributed by atoms with van der Waals surface area (Å²) in [7, 11) is 9.40. The highest BCUT2D eigenvalue weighted by Crippen LogP contribution is 2.38. The number of methoxy groups -OCH3 is 1. The van der Waals surface area contributed by atoms with Crippen LogP contribution in [0.2, 0.25) is 0 Å². The van der Waals surface area contributed by atoms with Gasteiger partial charge in [-0.2, -0.15) is 10.4 Å². The molecule has 0 atom stereocenters. The maximum atomic E-state index is 12.3. The van der Waals surface area contributed by atoms with Crippen LogP contribution in [0.1, 0.15) is 11.3 Å². The summed E-state index contributed by atoms with van der Waals surface area (Å²) in [4.78, 5) is 25.5. The number of aryl methyl sites for hydroxylation is 2. The molecular weight excluding hydrogens is 506 g/mol. The zero-order valence-corrected chi connectivity index (χ0v) is 23.6. The Morgan fingerprint density at radius 1 is 1.20 bits per heavy atom. The van der Waals surface area contributed by atoms with E-state index in [-0.39, 0.29) is 5.91 Å². The number of aromatic nitrogens is 4. The molecule has 0 saturated carbocycles. The quantitative estimate of drug-likeness (QED) is 0.287. The monoisotopic (exact) mass is 539 g/mol. The van der Waals surface area contributed by atoms with Gasteiger partial charge in [0.05, 0.1) is 52.7 Å². The topological polar surface area (TPSA) is 124 Å². The molecule has 2 heterocycles. The van der Waals surface area contributed by atoms with Gasteiger partial charge >= 0.3 is 0 Å². The van der Waals surface area contributed by atoms with E-state index in [0.717, 1.165) is 40.9 Å². The van der Waals surface area contributed by atoms with Crippen LogP contribution in [0.3, 0.4) is 0 Å². The molecule has 0 aliphatic carbocycles. The second-order valence-corrected chi connectivity index (χ2v) is 9.62. The van der Waals surface area contributed by atoms with Crippen molar-refractivity contribution < 1.29 is 9.53 Å². The summed E-state index contributed by atoms with van der Waals surface area (Å²) in [6.45, 7) is 7.02. The third-order valence-electron chi connectivity index (χ3n) is 6.50. The maximum absolute atomic E-state index is 12.3. The molecule has 2 aromatic carbocycles. The fourth-order valence-electron chi connectivity index (χ4n) is 4.43. The van der Waals surface area contributed by atoms with Crippen molar-refractivity contribution in [3.05, 3.63) is 60.4 Å². The largest absolute Gasteiger partial charge is 0.494 e. The van der Waals surface area contributed by atoms with Crippen LogP contribution in [0.4, 0.5) is 23.0 Å². The summed E-state index contributed by atoms with van der Waals surface area (Å²) in [5, 5.41) is 21.2. The molecule has 0 fully saturated rings. The Balaban J connectivity index is 1.73. The van der Waals surface area contributed by atoms with Crippen LogP contribution >= 0.6 is 0 Å². The molecule has 2 N–H and O–H groups in total. The molecule has 4 rings (SSSR count). The highest BCUT2D eigenvalue weighted by molar-refractivity contribution is 6.02. The van der Waals surface area contributed by atoms with Crippen LogP contribution in [-0.4, -0.2) is 71.9 Å². The smallest absolute Gasteiger partial charge is 0.247 e. The Hall–Kier alpha value is -4.95. The fourth-order valence-corrected chi connectivity index (χ4v) is 4.43. The van der Waals surface area contributed by atoms with Crippen molar-refractivity contribution in [3.8, 4) is 23.1 Å². The van der Waals surface area contributed by atoms with Gasteiger partial charge in [0.25, 0.3) is 0 Å². The first-order valence-corrected chi connectivity index (χ1v) is 12.6. The maximum Gasteiger partial charge on any atom is 0.247 e. The Labute approximate surface area is 233 Å². The molecule has 11 nitrogen and oxygen atoms in total. The Kier molecular flexibility index (Phi) is 8.31. The minimum Gasteiger partial charge on any atom is -0.494 e. The van der Waals surface area contributed by atoms with Crippen LogP contribution in [0.25, 0.3) is 22.2 Å². The van der Waals surface area contributed by atoms with E-state index < -0.39 is 0 Å². The summed E-state index contributed by atoms with van der Waals surface area (Å²) in [6, 6.07) is 11.5. The first-order valence-electron chi connectivity index (χ1n) is 12.6. The van der Waals surface area contributed by atoms with Crippen molar-refractivity contribution >= 4 is 39.8 Å². The average molecular weight is 540 g/mol. The van der Waals surface area contributed by atoms with E-state index in [1.807, 2.05) is 58.2 Å². The molecule has 4 aromatic rings. The molecule has 2 aromatic heterocycles. The van der Waals surface area contributed by atoms with Crippen molar-refractivity contribution in [2.75, 3.05) is 56.9 Å². The summed E-state index contributed by atoms with van der Waals surface area (Å²) >= 11 is 0. The minimum absolute atomic E-state index is 0.324.